The van der Waals surface area contributed by atoms with E-state index >= 15 is 0 Å². The molecule has 18 heavy (non-hydrogen) atoms. The lowest BCUT2D eigenvalue weighted by Gasteiger charge is -2.09. The molecule has 0 spiro atoms. The van der Waals surface area contributed by atoms with Crippen LogP contribution < -0.4 is 10.6 Å². The van der Waals surface area contributed by atoms with Crippen molar-refractivity contribution in [3.8, 4) is 0 Å². The smallest absolute Gasteiger partial charge is 0.320 e. The van der Waals surface area contributed by atoms with Gasteiger partial charge in [-0.25, -0.2) is 18.2 Å². The summed E-state index contributed by atoms with van der Waals surface area (Å²) < 4.78 is 31.9. The van der Waals surface area contributed by atoms with E-state index in [4.69, 9.17) is 0 Å². The van der Waals surface area contributed by atoms with E-state index in [0.29, 0.717) is 5.69 Å². The van der Waals surface area contributed by atoms with Crippen LogP contribution in [0.3, 0.4) is 0 Å². The fourth-order valence-electron chi connectivity index (χ4n) is 1.26. The van der Waals surface area contributed by atoms with Crippen LogP contribution in [0.25, 0.3) is 10.2 Å². The molecule has 0 aliphatic heterocycles. The van der Waals surface area contributed by atoms with Gasteiger partial charge < -0.3 is 15.2 Å². The van der Waals surface area contributed by atoms with Crippen LogP contribution in [0.5, 0.6) is 0 Å². The zero-order chi connectivity index (χ0) is 13.2. The summed E-state index contributed by atoms with van der Waals surface area (Å²) in [5.74, 6) is -0.943. The van der Waals surface area contributed by atoms with Crippen molar-refractivity contribution >= 4 is 43.4 Å². The third kappa shape index (κ3) is 3.39. The van der Waals surface area contributed by atoms with Crippen molar-refractivity contribution in [1.29, 1.82) is 0 Å². The lowest BCUT2D eigenvalue weighted by Crippen LogP contribution is -2.33. The van der Waals surface area contributed by atoms with Crippen LogP contribution in [0.2, 0.25) is 0 Å². The van der Waals surface area contributed by atoms with Crippen LogP contribution in [0.15, 0.2) is 23.7 Å². The predicted molar refractivity (Wildman–Crippen MR) is 66.3 cm³/mol. The van der Waals surface area contributed by atoms with Gasteiger partial charge in [-0.05, 0) is 18.2 Å². The Morgan fingerprint density at radius 2 is 2.22 bits per heavy atom. The quantitative estimate of drug-likeness (QED) is 0.815. The SMILES string of the molecule is O=C(NCS(=O)(=O)[O-])Nc1ccc2ncsc2c1. The molecule has 0 aliphatic carbocycles. The summed E-state index contributed by atoms with van der Waals surface area (Å²) in [6.07, 6.45) is 0. The number of nitrogens with one attached hydrogen (secondary N) is 2. The van der Waals surface area contributed by atoms with Gasteiger partial charge >= 0.3 is 6.03 Å². The van der Waals surface area contributed by atoms with Crippen molar-refractivity contribution in [2.45, 2.75) is 0 Å². The molecular weight excluding hydrogens is 278 g/mol. The molecule has 1 aromatic carbocycles. The van der Waals surface area contributed by atoms with Crippen LogP contribution in [0.4, 0.5) is 10.5 Å². The molecule has 1 heterocycles. The Morgan fingerprint density at radius 3 is 2.94 bits per heavy atom. The highest BCUT2D eigenvalue weighted by atomic mass is 32.2. The maximum atomic E-state index is 11.3. The first kappa shape index (κ1) is 12.7. The topological polar surface area (TPSA) is 111 Å². The molecule has 1 aromatic heterocycles. The third-order valence-electron chi connectivity index (χ3n) is 2.00. The summed E-state index contributed by atoms with van der Waals surface area (Å²) in [4.78, 5) is 15.4. The van der Waals surface area contributed by atoms with Gasteiger partial charge in [0.15, 0.2) is 0 Å². The number of rotatable bonds is 3. The number of fused-ring (bicyclic) bond motifs is 1. The van der Waals surface area contributed by atoms with Gasteiger partial charge in [-0.3, -0.25) is 0 Å². The van der Waals surface area contributed by atoms with Gasteiger partial charge in [0, 0.05) is 5.69 Å². The zero-order valence-corrected chi connectivity index (χ0v) is 10.5. The number of benzene rings is 1. The van der Waals surface area contributed by atoms with Crippen molar-refractivity contribution < 1.29 is 17.8 Å². The number of aromatic nitrogens is 1. The number of thiazole rings is 1. The van der Waals surface area contributed by atoms with Crippen molar-refractivity contribution in [1.82, 2.24) is 10.3 Å². The molecule has 2 amide bonds. The van der Waals surface area contributed by atoms with Crippen molar-refractivity contribution in [2.24, 2.45) is 0 Å². The molecule has 0 saturated heterocycles. The first-order valence-corrected chi connectivity index (χ1v) is 7.21. The van der Waals surface area contributed by atoms with Crippen molar-refractivity contribution in [2.75, 3.05) is 11.2 Å². The van der Waals surface area contributed by atoms with E-state index in [1.807, 2.05) is 5.32 Å². The van der Waals surface area contributed by atoms with E-state index in [9.17, 15) is 17.8 Å². The van der Waals surface area contributed by atoms with Gasteiger partial charge in [0.1, 0.15) is 16.0 Å². The predicted octanol–water partition coefficient (Wildman–Crippen LogP) is 0.920. The molecule has 9 heteroatoms. The average molecular weight is 286 g/mol. The van der Waals surface area contributed by atoms with E-state index in [1.54, 1.807) is 23.7 Å². The van der Waals surface area contributed by atoms with E-state index in [2.05, 4.69) is 10.3 Å². The Hall–Kier alpha value is -1.71. The molecule has 0 aliphatic rings. The van der Waals surface area contributed by atoms with Crippen LogP contribution in [-0.4, -0.2) is 29.9 Å². The summed E-state index contributed by atoms with van der Waals surface area (Å²) in [5, 5.41) is 4.37. The number of urea groups is 1. The molecule has 7 nitrogen and oxygen atoms in total. The number of anilines is 1. The molecule has 96 valence electrons. The first-order chi connectivity index (χ1) is 8.44. The molecule has 0 saturated carbocycles. The van der Waals surface area contributed by atoms with Gasteiger partial charge in [0.25, 0.3) is 0 Å². The fraction of sp³-hybridized carbons (Fsp3) is 0.111. The summed E-state index contributed by atoms with van der Waals surface area (Å²) in [6.45, 7) is 0. The van der Waals surface area contributed by atoms with E-state index in [0.717, 1.165) is 10.2 Å². The third-order valence-corrected chi connectivity index (χ3v) is 3.29. The molecule has 2 aromatic rings. The number of hydrogen-bond donors (Lipinski definition) is 2. The minimum Gasteiger partial charge on any atom is -0.747 e. The number of amides is 2. The second-order valence-electron chi connectivity index (χ2n) is 3.37. The van der Waals surface area contributed by atoms with Gasteiger partial charge in [-0.2, -0.15) is 0 Å². The molecule has 0 bridgehead atoms. The first-order valence-electron chi connectivity index (χ1n) is 4.76. The number of carbonyl (C=O) groups excluding carboxylic acids is 1. The average Bonchev–Trinajstić information content (AvgIpc) is 2.72. The lowest BCUT2D eigenvalue weighted by atomic mass is 10.3. The summed E-state index contributed by atoms with van der Waals surface area (Å²) >= 11 is 1.42. The lowest BCUT2D eigenvalue weighted by molar-refractivity contribution is 0.253. The number of nitrogens with zero attached hydrogens (tertiary/aromatic N) is 1. The maximum absolute atomic E-state index is 11.3. The Labute approximate surface area is 107 Å². The highest BCUT2D eigenvalue weighted by Crippen LogP contribution is 2.21. The molecule has 0 atom stereocenters. The number of hydrogen-bond acceptors (Lipinski definition) is 6. The Morgan fingerprint density at radius 1 is 1.44 bits per heavy atom. The van der Waals surface area contributed by atoms with Crippen LogP contribution >= 0.6 is 11.3 Å². The molecule has 2 rings (SSSR count). The second kappa shape index (κ2) is 4.88. The highest BCUT2D eigenvalue weighted by Gasteiger charge is 2.04. The summed E-state index contributed by atoms with van der Waals surface area (Å²) in [7, 11) is -4.47. The fourth-order valence-corrected chi connectivity index (χ4v) is 2.29. The van der Waals surface area contributed by atoms with Gasteiger partial charge in [0.2, 0.25) is 0 Å². The van der Waals surface area contributed by atoms with Gasteiger partial charge in [-0.15, -0.1) is 11.3 Å². The van der Waals surface area contributed by atoms with E-state index in [-0.39, 0.29) is 0 Å². The van der Waals surface area contributed by atoms with E-state index < -0.39 is 22.0 Å². The zero-order valence-electron chi connectivity index (χ0n) is 8.91. The second-order valence-corrected chi connectivity index (χ2v) is 5.66. The van der Waals surface area contributed by atoms with Gasteiger partial charge in [0.05, 0.1) is 15.7 Å². The van der Waals surface area contributed by atoms with Gasteiger partial charge in [-0.1, -0.05) is 0 Å². The summed E-state index contributed by atoms with van der Waals surface area (Å²) in [5.41, 5.74) is 2.99. The maximum Gasteiger partial charge on any atom is 0.320 e. The summed E-state index contributed by atoms with van der Waals surface area (Å²) in [6, 6.07) is 4.32. The Bertz CT molecular complexity index is 680. The van der Waals surface area contributed by atoms with E-state index in [1.165, 1.54) is 11.3 Å². The molecule has 0 fully saturated rings. The Balaban J connectivity index is 2.02. The van der Waals surface area contributed by atoms with Crippen LogP contribution in [0, 0.1) is 0 Å². The number of carbonyl (C=O) groups is 1. The molecular formula is C9H8N3O4S2-. The minimum atomic E-state index is -4.47. The van der Waals surface area contributed by atoms with Crippen molar-refractivity contribution in [3.63, 3.8) is 0 Å². The van der Waals surface area contributed by atoms with Crippen molar-refractivity contribution in [3.05, 3.63) is 23.7 Å². The van der Waals surface area contributed by atoms with Crippen LogP contribution in [0.1, 0.15) is 0 Å². The molecule has 0 unspecified atom stereocenters. The highest BCUT2D eigenvalue weighted by molar-refractivity contribution is 7.85. The molecule has 0 radical (unpaired) electrons. The Kier molecular flexibility index (Phi) is 3.45. The largest absolute Gasteiger partial charge is 0.747 e. The minimum absolute atomic E-state index is 0.493. The monoisotopic (exact) mass is 286 g/mol. The standard InChI is InChI=1S/C9H9N3O4S2/c13-9(11-5-18(14,15)16)12-6-1-2-7-8(3-6)17-4-10-7/h1-4H,5H2,(H2,11,12,13)(H,14,15,16)/p-1. The van der Waals surface area contributed by atoms with Crippen LogP contribution in [-0.2, 0) is 10.1 Å². The molecule has 2 N–H and O–H groups in total. The normalized spacial score (nSPS) is 11.4.